The molecule has 1 fully saturated rings. The summed E-state index contributed by atoms with van der Waals surface area (Å²) in [5, 5.41) is 0. The van der Waals surface area contributed by atoms with Gasteiger partial charge in [0.15, 0.2) is 0 Å². The maximum atomic E-state index is 12.3. The van der Waals surface area contributed by atoms with E-state index in [9.17, 15) is 13.2 Å². The number of ether oxygens (including phenoxy) is 2. The number of hydrogen-bond acceptors (Lipinski definition) is 6. The van der Waals surface area contributed by atoms with Crippen LogP contribution in [0.15, 0.2) is 17.2 Å². The first-order valence-electron chi connectivity index (χ1n) is 8.53. The normalized spacial score (nSPS) is 18.5. The van der Waals surface area contributed by atoms with E-state index in [0.29, 0.717) is 13.1 Å². The van der Waals surface area contributed by atoms with Crippen molar-refractivity contribution in [3.63, 3.8) is 0 Å². The lowest BCUT2D eigenvalue weighted by atomic mass is 9.92. The van der Waals surface area contributed by atoms with Crippen LogP contribution in [0.25, 0.3) is 0 Å². The molecule has 1 aliphatic rings. The van der Waals surface area contributed by atoms with Crippen LogP contribution in [0.2, 0.25) is 0 Å². The first kappa shape index (κ1) is 20.4. The summed E-state index contributed by atoms with van der Waals surface area (Å²) >= 11 is 0. The van der Waals surface area contributed by atoms with Gasteiger partial charge in [-0.1, -0.05) is 0 Å². The summed E-state index contributed by atoms with van der Waals surface area (Å²) in [6.45, 7) is 6.57. The number of rotatable bonds is 4. The second-order valence-corrected chi connectivity index (χ2v) is 9.10. The summed E-state index contributed by atoms with van der Waals surface area (Å²) in [5.74, 6) is 0.0309. The van der Waals surface area contributed by atoms with Crippen molar-refractivity contribution in [1.29, 1.82) is 0 Å². The topological polar surface area (TPSA) is 97.8 Å². The Bertz CT molecular complexity index is 758. The predicted octanol–water partition coefficient (Wildman–Crippen LogP) is 2.11. The number of aromatic nitrogens is 1. The monoisotopic (exact) mass is 385 g/mol. The van der Waals surface area contributed by atoms with E-state index in [1.165, 1.54) is 14.2 Å². The number of sulfonamides is 1. The zero-order chi connectivity index (χ0) is 19.5. The van der Waals surface area contributed by atoms with Crippen molar-refractivity contribution in [2.75, 3.05) is 27.2 Å². The number of methoxy groups -OCH3 is 1. The van der Waals surface area contributed by atoms with Gasteiger partial charge in [-0.25, -0.2) is 22.9 Å². The van der Waals surface area contributed by atoms with Crippen molar-refractivity contribution < 1.29 is 22.7 Å². The zero-order valence-electron chi connectivity index (χ0n) is 15.9. The standard InChI is InChI=1S/C17H27N3O5S/c1-17(2,3)25-16(21)20-8-6-7-12(11-20)13-9-14(26(22,23)18-4)15(24-5)19-10-13/h9-10,12,18H,6-8,11H2,1-5H3/t12-/m1/s1. The Labute approximate surface area is 154 Å². The van der Waals surface area contributed by atoms with Crippen LogP contribution in [0, 0.1) is 0 Å². The van der Waals surface area contributed by atoms with Crippen LogP contribution in [0.5, 0.6) is 5.88 Å². The molecule has 0 unspecified atom stereocenters. The van der Waals surface area contributed by atoms with Crippen LogP contribution in [-0.4, -0.2) is 57.2 Å². The molecule has 1 saturated heterocycles. The summed E-state index contributed by atoms with van der Waals surface area (Å²) in [4.78, 5) is 18.1. The smallest absolute Gasteiger partial charge is 0.410 e. The van der Waals surface area contributed by atoms with Crippen LogP contribution in [0.3, 0.4) is 0 Å². The number of nitrogens with one attached hydrogen (secondary N) is 1. The van der Waals surface area contributed by atoms with Crippen LogP contribution in [0.1, 0.15) is 45.1 Å². The Kier molecular flexibility index (Phi) is 6.13. The minimum Gasteiger partial charge on any atom is -0.480 e. The highest BCUT2D eigenvalue weighted by atomic mass is 32.2. The molecule has 26 heavy (non-hydrogen) atoms. The van der Waals surface area contributed by atoms with Gasteiger partial charge in [0.1, 0.15) is 10.5 Å². The first-order chi connectivity index (χ1) is 12.1. The molecule has 1 aliphatic heterocycles. The molecule has 0 saturated carbocycles. The summed E-state index contributed by atoms with van der Waals surface area (Å²) < 4.78 is 37.3. The fourth-order valence-corrected chi connectivity index (χ4v) is 3.74. The molecule has 1 N–H and O–H groups in total. The molecule has 1 aromatic heterocycles. The molecule has 146 valence electrons. The quantitative estimate of drug-likeness (QED) is 0.852. The summed E-state index contributed by atoms with van der Waals surface area (Å²) in [6, 6.07) is 1.57. The highest BCUT2D eigenvalue weighted by Gasteiger charge is 2.30. The first-order valence-corrected chi connectivity index (χ1v) is 10.0. The van der Waals surface area contributed by atoms with Gasteiger partial charge >= 0.3 is 6.09 Å². The van der Waals surface area contributed by atoms with Gasteiger partial charge in [-0.2, -0.15) is 0 Å². The number of amides is 1. The minimum absolute atomic E-state index is 0.00519. The van der Waals surface area contributed by atoms with Gasteiger partial charge in [-0.05, 0) is 52.3 Å². The van der Waals surface area contributed by atoms with Crippen molar-refractivity contribution in [3.8, 4) is 5.88 Å². The number of carbonyl (C=O) groups is 1. The molecular weight excluding hydrogens is 358 g/mol. The van der Waals surface area contributed by atoms with Gasteiger partial charge in [0.2, 0.25) is 15.9 Å². The van der Waals surface area contributed by atoms with Gasteiger partial charge in [0.25, 0.3) is 0 Å². The molecule has 9 heteroatoms. The van der Waals surface area contributed by atoms with Gasteiger partial charge < -0.3 is 14.4 Å². The number of carbonyl (C=O) groups excluding carboxylic acids is 1. The summed E-state index contributed by atoms with van der Waals surface area (Å²) in [6.07, 6.45) is 2.90. The van der Waals surface area contributed by atoms with Gasteiger partial charge in [-0.15, -0.1) is 0 Å². The summed E-state index contributed by atoms with van der Waals surface area (Å²) in [5.41, 5.74) is 0.201. The zero-order valence-corrected chi connectivity index (χ0v) is 16.7. The highest BCUT2D eigenvalue weighted by Crippen LogP contribution is 2.31. The Morgan fingerprint density at radius 3 is 2.65 bits per heavy atom. The number of nitrogens with zero attached hydrogens (tertiary/aromatic N) is 2. The van der Waals surface area contributed by atoms with E-state index in [1.54, 1.807) is 17.2 Å². The van der Waals surface area contributed by atoms with Crippen molar-refractivity contribution in [2.45, 2.75) is 50.0 Å². The van der Waals surface area contributed by atoms with Crippen molar-refractivity contribution in [3.05, 3.63) is 17.8 Å². The largest absolute Gasteiger partial charge is 0.480 e. The molecule has 0 radical (unpaired) electrons. The number of piperidine rings is 1. The maximum absolute atomic E-state index is 12.3. The maximum Gasteiger partial charge on any atom is 0.410 e. The van der Waals surface area contributed by atoms with E-state index in [2.05, 4.69) is 9.71 Å². The van der Waals surface area contributed by atoms with E-state index in [0.717, 1.165) is 18.4 Å². The lowest BCUT2D eigenvalue weighted by Gasteiger charge is -2.34. The molecule has 2 heterocycles. The molecule has 1 amide bonds. The molecule has 2 rings (SSSR count). The van der Waals surface area contributed by atoms with Crippen LogP contribution < -0.4 is 9.46 Å². The van der Waals surface area contributed by atoms with Crippen LogP contribution >= 0.6 is 0 Å². The van der Waals surface area contributed by atoms with Crippen LogP contribution in [-0.2, 0) is 14.8 Å². The number of likely N-dealkylation sites (tertiary alicyclic amines) is 1. The molecule has 8 nitrogen and oxygen atoms in total. The lowest BCUT2D eigenvalue weighted by Crippen LogP contribution is -2.42. The molecule has 0 bridgehead atoms. The van der Waals surface area contributed by atoms with Gasteiger partial charge in [0.05, 0.1) is 7.11 Å². The van der Waals surface area contributed by atoms with Gasteiger partial charge in [0, 0.05) is 25.2 Å². The van der Waals surface area contributed by atoms with E-state index < -0.39 is 15.6 Å². The van der Waals surface area contributed by atoms with E-state index in [4.69, 9.17) is 9.47 Å². The second-order valence-electron chi connectivity index (χ2n) is 7.25. The van der Waals surface area contributed by atoms with E-state index >= 15 is 0 Å². The fraction of sp³-hybridized carbons (Fsp3) is 0.647. The van der Waals surface area contributed by atoms with E-state index in [1.807, 2.05) is 20.8 Å². The summed E-state index contributed by atoms with van der Waals surface area (Å²) in [7, 11) is -0.983. The molecule has 0 aromatic carbocycles. The Balaban J connectivity index is 2.25. The Morgan fingerprint density at radius 1 is 1.38 bits per heavy atom. The average molecular weight is 385 g/mol. The Hall–Kier alpha value is -1.87. The van der Waals surface area contributed by atoms with Crippen LogP contribution in [0.4, 0.5) is 4.79 Å². The highest BCUT2D eigenvalue weighted by molar-refractivity contribution is 7.89. The van der Waals surface area contributed by atoms with Crippen molar-refractivity contribution in [2.24, 2.45) is 0 Å². The fourth-order valence-electron chi connectivity index (χ4n) is 2.87. The van der Waals surface area contributed by atoms with E-state index in [-0.39, 0.29) is 22.8 Å². The third-order valence-corrected chi connectivity index (χ3v) is 5.54. The third kappa shape index (κ3) is 4.85. The molecule has 1 atom stereocenters. The van der Waals surface area contributed by atoms with Crippen molar-refractivity contribution in [1.82, 2.24) is 14.6 Å². The predicted molar refractivity (Wildman–Crippen MR) is 96.8 cm³/mol. The third-order valence-electron chi connectivity index (χ3n) is 4.14. The average Bonchev–Trinajstić information content (AvgIpc) is 2.59. The van der Waals surface area contributed by atoms with Gasteiger partial charge in [-0.3, -0.25) is 0 Å². The SMILES string of the molecule is CNS(=O)(=O)c1cc([C@@H]2CCCN(C(=O)OC(C)(C)C)C2)cnc1OC. The molecular formula is C17H27N3O5S. The number of pyridine rings is 1. The Morgan fingerprint density at radius 2 is 2.08 bits per heavy atom. The lowest BCUT2D eigenvalue weighted by molar-refractivity contribution is 0.0198. The van der Waals surface area contributed by atoms with Crippen molar-refractivity contribution >= 4 is 16.1 Å². The molecule has 0 aliphatic carbocycles. The molecule has 1 aromatic rings. The second kappa shape index (κ2) is 7.79. The number of hydrogen-bond donors (Lipinski definition) is 1. The minimum atomic E-state index is -3.70. The molecule has 0 spiro atoms.